The highest BCUT2D eigenvalue weighted by Gasteiger charge is 2.39. The molecule has 0 radical (unpaired) electrons. The second-order valence-electron chi connectivity index (χ2n) is 8.12. The second-order valence-corrected chi connectivity index (χ2v) is 8.12. The zero-order chi connectivity index (χ0) is 23.1. The maximum atomic E-state index is 12.9. The summed E-state index contributed by atoms with van der Waals surface area (Å²) in [6.07, 6.45) is 2.19. The molecule has 0 spiro atoms. The quantitative estimate of drug-likeness (QED) is 0.594. The first-order valence-electron chi connectivity index (χ1n) is 10.6. The van der Waals surface area contributed by atoms with Crippen molar-refractivity contribution in [1.29, 1.82) is 0 Å². The van der Waals surface area contributed by atoms with Gasteiger partial charge in [0.05, 0.1) is 18.0 Å². The fourth-order valence-corrected chi connectivity index (χ4v) is 4.16. The molecule has 2 aliphatic rings. The molecule has 0 bridgehead atoms. The number of methoxy groups -OCH3 is 1. The van der Waals surface area contributed by atoms with Crippen molar-refractivity contribution < 1.29 is 19.1 Å². The Balaban J connectivity index is 1.39. The van der Waals surface area contributed by atoms with E-state index in [9.17, 15) is 14.4 Å². The summed E-state index contributed by atoms with van der Waals surface area (Å²) in [6, 6.07) is 10.4. The van der Waals surface area contributed by atoms with Crippen LogP contribution in [0, 0.1) is 0 Å². The predicted molar refractivity (Wildman–Crippen MR) is 116 cm³/mol. The van der Waals surface area contributed by atoms with E-state index in [1.807, 2.05) is 37.3 Å². The molecule has 10 heteroatoms. The van der Waals surface area contributed by atoms with Gasteiger partial charge in [0.2, 0.25) is 11.8 Å². The molecule has 1 saturated heterocycles. The Morgan fingerprint density at radius 2 is 2.03 bits per heavy atom. The van der Waals surface area contributed by atoms with Crippen molar-refractivity contribution in [1.82, 2.24) is 30.2 Å². The molecular weight excluding hydrogens is 424 g/mol. The lowest BCUT2D eigenvalue weighted by Crippen LogP contribution is -2.52. The third kappa shape index (κ3) is 3.78. The Labute approximate surface area is 189 Å². The van der Waals surface area contributed by atoms with Gasteiger partial charge in [-0.3, -0.25) is 19.7 Å². The van der Waals surface area contributed by atoms with E-state index in [0.29, 0.717) is 30.0 Å². The molecule has 1 fully saturated rings. The van der Waals surface area contributed by atoms with Gasteiger partial charge in [0, 0.05) is 31.2 Å². The summed E-state index contributed by atoms with van der Waals surface area (Å²) >= 11 is 0. The highest BCUT2D eigenvalue weighted by atomic mass is 16.5. The number of ether oxygens (including phenoxy) is 1. The molecule has 1 aromatic carbocycles. The molecule has 1 unspecified atom stereocenters. The van der Waals surface area contributed by atoms with Gasteiger partial charge >= 0.3 is 0 Å². The van der Waals surface area contributed by atoms with Crippen LogP contribution in [0.25, 0.3) is 17.1 Å². The first kappa shape index (κ1) is 21.0. The zero-order valence-corrected chi connectivity index (χ0v) is 18.2. The number of hydrogen-bond donors (Lipinski definition) is 1. The number of nitrogens with zero attached hydrogens (tertiary/aromatic N) is 5. The van der Waals surface area contributed by atoms with Crippen molar-refractivity contribution in [3.63, 3.8) is 0 Å². The van der Waals surface area contributed by atoms with Crippen LogP contribution in [0.4, 0.5) is 0 Å². The molecule has 10 nitrogen and oxygen atoms in total. The number of aromatic nitrogens is 4. The zero-order valence-electron chi connectivity index (χ0n) is 18.2. The Hall–Kier alpha value is -3.92. The number of nitrogens with one attached hydrogen (secondary N) is 1. The highest BCUT2D eigenvalue weighted by molar-refractivity contribution is 6.05. The first-order valence-corrected chi connectivity index (χ1v) is 10.6. The summed E-state index contributed by atoms with van der Waals surface area (Å²) in [5.74, 6) is -0.311. The van der Waals surface area contributed by atoms with E-state index in [-0.39, 0.29) is 24.3 Å². The molecule has 5 rings (SSSR count). The van der Waals surface area contributed by atoms with Gasteiger partial charge in [-0.05, 0) is 43.2 Å². The standard InChI is InChI=1S/C23H22N6O4/c1-13(33-2)17-4-3-5-20(24-17)29-12-18(26-27-29)14-6-7-16-15(10-14)11-28(23(16)32)19-8-9-21(30)25-22(19)31/h3-7,10,12-13,19H,8-9,11H2,1-2H3,(H,25,30,31)/t13-,19?/m0/s1. The van der Waals surface area contributed by atoms with Crippen LogP contribution in [-0.2, 0) is 20.9 Å². The van der Waals surface area contributed by atoms with Crippen LogP contribution in [0.5, 0.6) is 0 Å². The van der Waals surface area contributed by atoms with Crippen molar-refractivity contribution in [2.45, 2.75) is 38.5 Å². The van der Waals surface area contributed by atoms with Gasteiger partial charge in [-0.25, -0.2) is 9.67 Å². The van der Waals surface area contributed by atoms with Gasteiger partial charge in [0.1, 0.15) is 11.7 Å². The summed E-state index contributed by atoms with van der Waals surface area (Å²) in [4.78, 5) is 42.7. The number of rotatable bonds is 5. The van der Waals surface area contributed by atoms with Crippen LogP contribution in [0.3, 0.4) is 0 Å². The van der Waals surface area contributed by atoms with Crippen molar-refractivity contribution in [3.05, 3.63) is 59.4 Å². The largest absolute Gasteiger partial charge is 0.375 e. The Morgan fingerprint density at radius 3 is 2.82 bits per heavy atom. The Kier molecular flexibility index (Phi) is 5.21. The summed E-state index contributed by atoms with van der Waals surface area (Å²) in [7, 11) is 1.63. The van der Waals surface area contributed by atoms with Crippen molar-refractivity contribution >= 4 is 17.7 Å². The van der Waals surface area contributed by atoms with Crippen molar-refractivity contribution in [3.8, 4) is 17.1 Å². The van der Waals surface area contributed by atoms with Crippen LogP contribution in [-0.4, -0.2) is 55.8 Å². The Morgan fingerprint density at radius 1 is 1.18 bits per heavy atom. The molecular formula is C23H22N6O4. The second kappa shape index (κ2) is 8.21. The summed E-state index contributed by atoms with van der Waals surface area (Å²) < 4.78 is 6.93. The minimum Gasteiger partial charge on any atom is -0.375 e. The van der Waals surface area contributed by atoms with E-state index >= 15 is 0 Å². The minimum absolute atomic E-state index is 0.144. The minimum atomic E-state index is -0.639. The van der Waals surface area contributed by atoms with Gasteiger partial charge in [0.15, 0.2) is 5.82 Å². The van der Waals surface area contributed by atoms with Gasteiger partial charge in [-0.1, -0.05) is 17.3 Å². The molecule has 0 aliphatic carbocycles. The molecule has 4 heterocycles. The van der Waals surface area contributed by atoms with Crippen molar-refractivity contribution in [2.24, 2.45) is 0 Å². The lowest BCUT2D eigenvalue weighted by Gasteiger charge is -2.29. The summed E-state index contributed by atoms with van der Waals surface area (Å²) in [6.45, 7) is 2.23. The van der Waals surface area contributed by atoms with Crippen LogP contribution in [0.2, 0.25) is 0 Å². The number of hydrogen-bond acceptors (Lipinski definition) is 7. The fourth-order valence-electron chi connectivity index (χ4n) is 4.16. The number of benzene rings is 1. The van der Waals surface area contributed by atoms with E-state index in [2.05, 4.69) is 20.6 Å². The van der Waals surface area contributed by atoms with E-state index in [4.69, 9.17) is 4.74 Å². The topological polar surface area (TPSA) is 119 Å². The normalized spacial score (nSPS) is 18.9. The van der Waals surface area contributed by atoms with Crippen LogP contribution in [0.1, 0.15) is 47.5 Å². The number of imide groups is 1. The third-order valence-corrected chi connectivity index (χ3v) is 6.07. The predicted octanol–water partition coefficient (Wildman–Crippen LogP) is 1.80. The summed E-state index contributed by atoms with van der Waals surface area (Å²) in [5.41, 5.74) is 3.59. The smallest absolute Gasteiger partial charge is 0.255 e. The molecule has 2 aliphatic heterocycles. The third-order valence-electron chi connectivity index (χ3n) is 6.07. The monoisotopic (exact) mass is 446 g/mol. The molecule has 168 valence electrons. The van der Waals surface area contributed by atoms with E-state index in [1.165, 1.54) is 4.90 Å². The number of amides is 3. The average Bonchev–Trinajstić information content (AvgIpc) is 3.44. The SMILES string of the molecule is CO[C@@H](C)c1cccc(-n2cc(-c3ccc4c(c3)CN(C3CCC(=O)NC3=O)C4=O)nn2)n1. The molecule has 2 aromatic heterocycles. The summed E-state index contributed by atoms with van der Waals surface area (Å²) in [5, 5.41) is 10.8. The molecule has 33 heavy (non-hydrogen) atoms. The van der Waals surface area contributed by atoms with E-state index in [0.717, 1.165) is 16.8 Å². The van der Waals surface area contributed by atoms with Gasteiger partial charge in [0.25, 0.3) is 5.91 Å². The van der Waals surface area contributed by atoms with E-state index < -0.39 is 11.9 Å². The van der Waals surface area contributed by atoms with Crippen LogP contribution < -0.4 is 5.32 Å². The lowest BCUT2D eigenvalue weighted by molar-refractivity contribution is -0.136. The molecule has 1 N–H and O–H groups in total. The first-order chi connectivity index (χ1) is 15.9. The molecule has 2 atom stereocenters. The molecule has 3 aromatic rings. The number of pyridine rings is 1. The molecule has 3 amide bonds. The maximum Gasteiger partial charge on any atom is 0.255 e. The lowest BCUT2D eigenvalue weighted by atomic mass is 10.0. The van der Waals surface area contributed by atoms with Crippen LogP contribution in [0.15, 0.2) is 42.6 Å². The van der Waals surface area contributed by atoms with Gasteiger partial charge < -0.3 is 9.64 Å². The molecule has 0 saturated carbocycles. The number of fused-ring (bicyclic) bond motifs is 1. The fraction of sp³-hybridized carbons (Fsp3) is 0.304. The Bertz CT molecular complexity index is 1270. The number of piperidine rings is 1. The number of carbonyl (C=O) groups is 3. The maximum absolute atomic E-state index is 12.9. The number of carbonyl (C=O) groups excluding carboxylic acids is 3. The van der Waals surface area contributed by atoms with Crippen molar-refractivity contribution in [2.75, 3.05) is 7.11 Å². The van der Waals surface area contributed by atoms with Gasteiger partial charge in [-0.15, -0.1) is 5.10 Å². The van der Waals surface area contributed by atoms with E-state index in [1.54, 1.807) is 24.1 Å². The van der Waals surface area contributed by atoms with Crippen LogP contribution >= 0.6 is 0 Å². The van der Waals surface area contributed by atoms with Gasteiger partial charge in [-0.2, -0.15) is 0 Å². The highest BCUT2D eigenvalue weighted by Crippen LogP contribution is 2.30. The average molecular weight is 446 g/mol.